The fourth-order valence-corrected chi connectivity index (χ4v) is 1.78. The van der Waals surface area contributed by atoms with E-state index in [0.29, 0.717) is 11.1 Å². The van der Waals surface area contributed by atoms with Gasteiger partial charge in [-0.2, -0.15) is 0 Å². The van der Waals surface area contributed by atoms with E-state index in [4.69, 9.17) is 4.74 Å². The van der Waals surface area contributed by atoms with E-state index in [0.717, 1.165) is 11.7 Å². The summed E-state index contributed by atoms with van der Waals surface area (Å²) in [5.74, 6) is 0. The number of aromatic nitrogens is 1. The molecule has 1 aromatic carbocycles. The third kappa shape index (κ3) is 2.27. The van der Waals surface area contributed by atoms with Crippen molar-refractivity contribution in [1.29, 1.82) is 0 Å². The van der Waals surface area contributed by atoms with Crippen LogP contribution in [0.25, 0.3) is 10.9 Å². The molecule has 0 unspecified atom stereocenters. The van der Waals surface area contributed by atoms with Crippen LogP contribution in [0, 0.1) is 0 Å². The fourth-order valence-electron chi connectivity index (χ4n) is 1.78. The molecule has 1 aromatic heterocycles. The number of ether oxygens (including phenoxy) is 1. The highest BCUT2D eigenvalue weighted by molar-refractivity contribution is 6.00. The number of aldehydes is 1. The van der Waals surface area contributed by atoms with Gasteiger partial charge in [-0.25, -0.2) is 4.79 Å². The van der Waals surface area contributed by atoms with E-state index in [9.17, 15) is 9.59 Å². The lowest BCUT2D eigenvalue weighted by atomic mass is 10.1. The van der Waals surface area contributed by atoms with Gasteiger partial charge in [0, 0.05) is 17.1 Å². The van der Waals surface area contributed by atoms with Gasteiger partial charge in [-0.15, -0.1) is 0 Å². The quantitative estimate of drug-likeness (QED) is 0.725. The highest BCUT2D eigenvalue weighted by Crippen LogP contribution is 2.20. The monoisotopic (exact) mass is 245 g/mol. The van der Waals surface area contributed by atoms with E-state index in [1.165, 1.54) is 4.57 Å². The summed E-state index contributed by atoms with van der Waals surface area (Å²) in [5, 5.41) is 0.838. The summed E-state index contributed by atoms with van der Waals surface area (Å²) in [4.78, 5) is 23.0. The Morgan fingerprint density at radius 3 is 2.61 bits per heavy atom. The summed E-state index contributed by atoms with van der Waals surface area (Å²) < 4.78 is 6.66. The molecule has 2 aromatic rings. The SMILES string of the molecule is CC(C)(C)OC(=O)n1ccc2cccc(C=O)c21. The molecule has 0 spiro atoms. The third-order valence-corrected chi connectivity index (χ3v) is 2.46. The Balaban J connectivity index is 2.52. The van der Waals surface area contributed by atoms with Gasteiger partial charge in [0.15, 0.2) is 6.29 Å². The van der Waals surface area contributed by atoms with E-state index in [1.54, 1.807) is 45.2 Å². The van der Waals surface area contributed by atoms with Crippen molar-refractivity contribution in [2.75, 3.05) is 0 Å². The molecule has 0 aliphatic rings. The molecule has 4 nitrogen and oxygen atoms in total. The first-order valence-corrected chi connectivity index (χ1v) is 5.71. The van der Waals surface area contributed by atoms with Crippen molar-refractivity contribution in [3.8, 4) is 0 Å². The van der Waals surface area contributed by atoms with Crippen molar-refractivity contribution in [3.63, 3.8) is 0 Å². The van der Waals surface area contributed by atoms with Crippen LogP contribution in [-0.4, -0.2) is 22.5 Å². The van der Waals surface area contributed by atoms with Gasteiger partial charge in [0.2, 0.25) is 0 Å². The number of carbonyl (C=O) groups is 2. The van der Waals surface area contributed by atoms with Crippen LogP contribution in [0.5, 0.6) is 0 Å². The number of hydrogen-bond acceptors (Lipinski definition) is 3. The van der Waals surface area contributed by atoms with Crippen molar-refractivity contribution >= 4 is 23.3 Å². The average Bonchev–Trinajstić information content (AvgIpc) is 2.70. The molecule has 18 heavy (non-hydrogen) atoms. The number of benzene rings is 1. The van der Waals surface area contributed by atoms with Gasteiger partial charge < -0.3 is 4.74 Å². The second kappa shape index (κ2) is 4.29. The Labute approximate surface area is 105 Å². The van der Waals surface area contributed by atoms with Crippen LogP contribution in [0.1, 0.15) is 31.1 Å². The van der Waals surface area contributed by atoms with Crippen LogP contribution in [-0.2, 0) is 4.74 Å². The molecule has 0 aliphatic heterocycles. The number of fused-ring (bicyclic) bond motifs is 1. The zero-order chi connectivity index (χ0) is 13.3. The molecule has 0 saturated carbocycles. The third-order valence-electron chi connectivity index (χ3n) is 2.46. The molecule has 0 aliphatic carbocycles. The molecular formula is C14H15NO3. The largest absolute Gasteiger partial charge is 0.443 e. The highest BCUT2D eigenvalue weighted by atomic mass is 16.6. The van der Waals surface area contributed by atoms with Crippen LogP contribution < -0.4 is 0 Å². The number of carbonyl (C=O) groups excluding carboxylic acids is 2. The van der Waals surface area contributed by atoms with Gasteiger partial charge in [0.1, 0.15) is 5.60 Å². The number of para-hydroxylation sites is 1. The van der Waals surface area contributed by atoms with Gasteiger partial charge in [0.25, 0.3) is 0 Å². The molecule has 0 radical (unpaired) electrons. The molecular weight excluding hydrogens is 230 g/mol. The Hall–Kier alpha value is -2.10. The minimum atomic E-state index is -0.566. The second-order valence-corrected chi connectivity index (χ2v) is 5.07. The molecule has 1 heterocycles. The number of hydrogen-bond donors (Lipinski definition) is 0. The van der Waals surface area contributed by atoms with E-state index in [2.05, 4.69) is 0 Å². The predicted molar refractivity (Wildman–Crippen MR) is 69.0 cm³/mol. The zero-order valence-electron chi connectivity index (χ0n) is 10.6. The maximum absolute atomic E-state index is 12.0. The minimum absolute atomic E-state index is 0.475. The van der Waals surface area contributed by atoms with E-state index < -0.39 is 11.7 Å². The van der Waals surface area contributed by atoms with Crippen LogP contribution in [0.3, 0.4) is 0 Å². The number of rotatable bonds is 1. The zero-order valence-corrected chi connectivity index (χ0v) is 10.6. The Kier molecular flexibility index (Phi) is 2.95. The second-order valence-electron chi connectivity index (χ2n) is 5.07. The van der Waals surface area contributed by atoms with Crippen LogP contribution >= 0.6 is 0 Å². The Bertz CT molecular complexity index is 605. The summed E-state index contributed by atoms with van der Waals surface area (Å²) in [6.45, 7) is 5.41. The lowest BCUT2D eigenvalue weighted by Crippen LogP contribution is -2.26. The van der Waals surface area contributed by atoms with Crippen LogP contribution in [0.15, 0.2) is 30.5 Å². The van der Waals surface area contributed by atoms with E-state index in [1.807, 2.05) is 6.07 Å². The molecule has 0 amide bonds. The summed E-state index contributed by atoms with van der Waals surface area (Å²) >= 11 is 0. The van der Waals surface area contributed by atoms with Crippen molar-refractivity contribution in [2.24, 2.45) is 0 Å². The molecule has 0 fully saturated rings. The first-order chi connectivity index (χ1) is 8.42. The summed E-state index contributed by atoms with van der Waals surface area (Å²) in [5.41, 5.74) is 0.495. The molecule has 0 atom stereocenters. The minimum Gasteiger partial charge on any atom is -0.443 e. The topological polar surface area (TPSA) is 48.3 Å². The molecule has 4 heteroatoms. The highest BCUT2D eigenvalue weighted by Gasteiger charge is 2.19. The van der Waals surface area contributed by atoms with Gasteiger partial charge in [-0.3, -0.25) is 9.36 Å². The Morgan fingerprint density at radius 2 is 2.00 bits per heavy atom. The van der Waals surface area contributed by atoms with E-state index >= 15 is 0 Å². The summed E-state index contributed by atoms with van der Waals surface area (Å²) in [6.07, 6.45) is 1.88. The van der Waals surface area contributed by atoms with Crippen LogP contribution in [0.4, 0.5) is 4.79 Å². The maximum Gasteiger partial charge on any atom is 0.419 e. The van der Waals surface area contributed by atoms with Gasteiger partial charge >= 0.3 is 6.09 Å². The molecule has 0 N–H and O–H groups in total. The lowest BCUT2D eigenvalue weighted by molar-refractivity contribution is 0.0544. The smallest absolute Gasteiger partial charge is 0.419 e. The average molecular weight is 245 g/mol. The first kappa shape index (κ1) is 12.4. The molecule has 94 valence electrons. The predicted octanol–water partition coefficient (Wildman–Crippen LogP) is 3.24. The van der Waals surface area contributed by atoms with E-state index in [-0.39, 0.29) is 0 Å². The van der Waals surface area contributed by atoms with Crippen molar-refractivity contribution in [3.05, 3.63) is 36.0 Å². The van der Waals surface area contributed by atoms with Gasteiger partial charge in [-0.1, -0.05) is 12.1 Å². The van der Waals surface area contributed by atoms with Crippen molar-refractivity contribution in [1.82, 2.24) is 4.57 Å². The molecule has 2 rings (SSSR count). The Morgan fingerprint density at radius 1 is 1.28 bits per heavy atom. The standard InChI is InChI=1S/C14H15NO3/c1-14(2,3)18-13(17)15-8-7-10-5-4-6-11(9-16)12(10)15/h4-9H,1-3H3. The molecule has 0 saturated heterocycles. The summed E-state index contributed by atoms with van der Waals surface area (Å²) in [7, 11) is 0. The molecule has 0 bridgehead atoms. The van der Waals surface area contributed by atoms with Gasteiger partial charge in [-0.05, 0) is 32.9 Å². The van der Waals surface area contributed by atoms with Gasteiger partial charge in [0.05, 0.1) is 5.52 Å². The number of nitrogens with zero attached hydrogens (tertiary/aromatic N) is 1. The maximum atomic E-state index is 12.0. The first-order valence-electron chi connectivity index (χ1n) is 5.71. The summed E-state index contributed by atoms with van der Waals surface area (Å²) in [6, 6.07) is 7.09. The fraction of sp³-hybridized carbons (Fsp3) is 0.286. The van der Waals surface area contributed by atoms with Crippen molar-refractivity contribution in [2.45, 2.75) is 26.4 Å². The lowest BCUT2D eigenvalue weighted by Gasteiger charge is -2.20. The van der Waals surface area contributed by atoms with Crippen molar-refractivity contribution < 1.29 is 14.3 Å². The normalized spacial score (nSPS) is 11.5. The van der Waals surface area contributed by atoms with Crippen LogP contribution in [0.2, 0.25) is 0 Å².